The summed E-state index contributed by atoms with van der Waals surface area (Å²) in [5, 5.41) is 3.62. The SMILES string of the molecule is O=C(NCc1ccccc1Cl)c1[nH]c(C2CC2)[n+]2ccccc12. The quantitative estimate of drug-likeness (QED) is 0.711. The molecule has 0 bridgehead atoms. The van der Waals surface area contributed by atoms with Crippen molar-refractivity contribution in [2.24, 2.45) is 0 Å². The summed E-state index contributed by atoms with van der Waals surface area (Å²) in [5.41, 5.74) is 2.43. The summed E-state index contributed by atoms with van der Waals surface area (Å²) >= 11 is 6.14. The zero-order chi connectivity index (χ0) is 15.8. The molecule has 2 aromatic heterocycles. The molecule has 2 heterocycles. The van der Waals surface area contributed by atoms with Crippen molar-refractivity contribution in [2.45, 2.75) is 25.3 Å². The molecule has 0 radical (unpaired) electrons. The molecule has 1 saturated carbocycles. The predicted molar refractivity (Wildman–Crippen MR) is 88.5 cm³/mol. The van der Waals surface area contributed by atoms with E-state index in [-0.39, 0.29) is 5.91 Å². The van der Waals surface area contributed by atoms with Crippen molar-refractivity contribution >= 4 is 23.0 Å². The number of benzene rings is 1. The van der Waals surface area contributed by atoms with Crippen LogP contribution in [-0.2, 0) is 6.54 Å². The highest BCUT2D eigenvalue weighted by atomic mass is 35.5. The number of carbonyl (C=O) groups excluding carboxylic acids is 1. The third kappa shape index (κ3) is 2.70. The topological polar surface area (TPSA) is 49.0 Å². The van der Waals surface area contributed by atoms with Gasteiger partial charge in [-0.2, -0.15) is 4.40 Å². The third-order valence-electron chi connectivity index (χ3n) is 4.22. The van der Waals surface area contributed by atoms with Crippen LogP contribution in [0.4, 0.5) is 0 Å². The summed E-state index contributed by atoms with van der Waals surface area (Å²) in [4.78, 5) is 15.9. The highest BCUT2D eigenvalue weighted by Gasteiger charge is 2.35. The fourth-order valence-corrected chi connectivity index (χ4v) is 3.05. The zero-order valence-electron chi connectivity index (χ0n) is 12.6. The van der Waals surface area contributed by atoms with E-state index >= 15 is 0 Å². The van der Waals surface area contributed by atoms with Crippen LogP contribution in [0.25, 0.3) is 5.52 Å². The lowest BCUT2D eigenvalue weighted by atomic mass is 10.2. The first-order valence-corrected chi connectivity index (χ1v) is 8.15. The largest absolute Gasteiger partial charge is 0.345 e. The Kier molecular flexibility index (Phi) is 3.54. The van der Waals surface area contributed by atoms with E-state index in [1.54, 1.807) is 0 Å². The fourth-order valence-electron chi connectivity index (χ4n) is 2.84. The summed E-state index contributed by atoms with van der Waals surface area (Å²) in [6, 6.07) is 13.4. The molecule has 0 unspecified atom stereocenters. The molecule has 5 heteroatoms. The summed E-state index contributed by atoms with van der Waals surface area (Å²) in [6.07, 6.45) is 4.36. The first-order chi connectivity index (χ1) is 11.2. The van der Waals surface area contributed by atoms with Crippen LogP contribution < -0.4 is 9.72 Å². The van der Waals surface area contributed by atoms with Crippen molar-refractivity contribution < 1.29 is 9.20 Å². The van der Waals surface area contributed by atoms with E-state index in [1.807, 2.05) is 48.7 Å². The van der Waals surface area contributed by atoms with Crippen molar-refractivity contribution in [1.29, 1.82) is 0 Å². The van der Waals surface area contributed by atoms with E-state index in [0.717, 1.165) is 16.9 Å². The second kappa shape index (κ2) is 5.70. The van der Waals surface area contributed by atoms with E-state index in [1.165, 1.54) is 12.8 Å². The number of pyridine rings is 1. The highest BCUT2D eigenvalue weighted by Crippen LogP contribution is 2.38. The number of amides is 1. The van der Waals surface area contributed by atoms with E-state index in [2.05, 4.69) is 14.7 Å². The molecule has 0 saturated heterocycles. The van der Waals surface area contributed by atoms with E-state index in [9.17, 15) is 4.79 Å². The van der Waals surface area contributed by atoms with Gasteiger partial charge in [-0.05, 0) is 36.6 Å². The number of aromatic amines is 1. The van der Waals surface area contributed by atoms with Crippen LogP contribution in [0.1, 0.15) is 40.6 Å². The van der Waals surface area contributed by atoms with Gasteiger partial charge in [-0.1, -0.05) is 35.9 Å². The molecule has 0 atom stereocenters. The van der Waals surface area contributed by atoms with Gasteiger partial charge in [-0.25, -0.2) is 4.98 Å². The molecule has 3 aromatic rings. The summed E-state index contributed by atoms with van der Waals surface area (Å²) in [7, 11) is 0. The Labute approximate surface area is 139 Å². The normalized spacial score (nSPS) is 14.1. The van der Waals surface area contributed by atoms with Gasteiger partial charge >= 0.3 is 0 Å². The van der Waals surface area contributed by atoms with Gasteiger partial charge in [-0.15, -0.1) is 0 Å². The van der Waals surface area contributed by atoms with Crippen LogP contribution >= 0.6 is 11.6 Å². The standard InChI is InChI=1S/C18H16ClN3O/c19-14-6-2-1-5-13(14)11-20-18(23)16-15-7-3-4-10-22(15)17(21-16)12-8-9-12/h1-7,10,12H,8-9,11H2,(H,20,23)/p+1. The number of H-pyrrole nitrogens is 1. The molecule has 1 aliphatic rings. The van der Waals surface area contributed by atoms with Crippen LogP contribution in [0.5, 0.6) is 0 Å². The van der Waals surface area contributed by atoms with Crippen molar-refractivity contribution in [2.75, 3.05) is 0 Å². The number of imidazole rings is 1. The summed E-state index contributed by atoms with van der Waals surface area (Å²) in [6.45, 7) is 0.412. The molecule has 23 heavy (non-hydrogen) atoms. The Morgan fingerprint density at radius 1 is 1.22 bits per heavy atom. The number of carbonyl (C=O) groups is 1. The minimum absolute atomic E-state index is 0.111. The number of fused-ring (bicyclic) bond motifs is 1. The number of hydrogen-bond acceptors (Lipinski definition) is 1. The number of hydrogen-bond donors (Lipinski definition) is 2. The highest BCUT2D eigenvalue weighted by molar-refractivity contribution is 6.31. The number of nitrogens with zero attached hydrogens (tertiary/aromatic N) is 1. The Balaban J connectivity index is 1.61. The van der Waals surface area contributed by atoms with E-state index in [4.69, 9.17) is 11.6 Å². The molecule has 4 rings (SSSR count). The average Bonchev–Trinajstić information content (AvgIpc) is 3.34. The second-order valence-corrected chi connectivity index (χ2v) is 6.30. The van der Waals surface area contributed by atoms with Gasteiger partial charge in [0.05, 0.1) is 12.1 Å². The lowest BCUT2D eigenvalue weighted by molar-refractivity contribution is -0.521. The van der Waals surface area contributed by atoms with E-state index in [0.29, 0.717) is 23.2 Å². The Bertz CT molecular complexity index is 883. The average molecular weight is 327 g/mol. The maximum Gasteiger partial charge on any atom is 0.295 e. The minimum atomic E-state index is -0.111. The van der Waals surface area contributed by atoms with Gasteiger partial charge in [-0.3, -0.25) is 4.79 Å². The molecule has 0 aliphatic heterocycles. The van der Waals surface area contributed by atoms with Crippen LogP contribution in [-0.4, -0.2) is 10.9 Å². The lowest BCUT2D eigenvalue weighted by Crippen LogP contribution is -2.26. The van der Waals surface area contributed by atoms with E-state index < -0.39 is 0 Å². The summed E-state index contributed by atoms with van der Waals surface area (Å²) < 4.78 is 2.09. The van der Waals surface area contributed by atoms with Gasteiger partial charge < -0.3 is 5.32 Å². The van der Waals surface area contributed by atoms with Gasteiger partial charge in [0.15, 0.2) is 5.52 Å². The lowest BCUT2D eigenvalue weighted by Gasteiger charge is -2.04. The molecular formula is C18H17ClN3O+. The van der Waals surface area contributed by atoms with Crippen molar-refractivity contribution in [1.82, 2.24) is 10.3 Å². The number of halogens is 1. The molecule has 1 aliphatic carbocycles. The van der Waals surface area contributed by atoms with Crippen molar-refractivity contribution in [3.8, 4) is 0 Å². The van der Waals surface area contributed by atoms with Crippen LogP contribution in [0, 0.1) is 0 Å². The first kappa shape index (κ1) is 14.3. The van der Waals surface area contributed by atoms with Crippen LogP contribution in [0.15, 0.2) is 48.7 Å². The third-order valence-corrected chi connectivity index (χ3v) is 4.59. The van der Waals surface area contributed by atoms with Gasteiger partial charge in [0.25, 0.3) is 11.7 Å². The molecule has 1 aromatic carbocycles. The Hall–Kier alpha value is -2.33. The molecule has 4 nitrogen and oxygen atoms in total. The van der Waals surface area contributed by atoms with Crippen molar-refractivity contribution in [3.63, 3.8) is 0 Å². The molecule has 1 amide bonds. The molecule has 2 N–H and O–H groups in total. The van der Waals surface area contributed by atoms with Gasteiger partial charge in [0, 0.05) is 11.6 Å². The Morgan fingerprint density at radius 2 is 2.00 bits per heavy atom. The molecular weight excluding hydrogens is 310 g/mol. The number of aromatic nitrogens is 2. The predicted octanol–water partition coefficient (Wildman–Crippen LogP) is 3.21. The maximum absolute atomic E-state index is 12.6. The summed E-state index contributed by atoms with van der Waals surface area (Å²) in [5.74, 6) is 1.54. The fraction of sp³-hybridized carbons (Fsp3) is 0.222. The minimum Gasteiger partial charge on any atom is -0.345 e. The second-order valence-electron chi connectivity index (χ2n) is 5.89. The van der Waals surface area contributed by atoms with Gasteiger partial charge in [0.1, 0.15) is 0 Å². The zero-order valence-corrected chi connectivity index (χ0v) is 13.3. The number of nitrogens with one attached hydrogen (secondary N) is 2. The first-order valence-electron chi connectivity index (χ1n) is 7.78. The monoisotopic (exact) mass is 326 g/mol. The number of rotatable bonds is 4. The Morgan fingerprint density at radius 3 is 2.78 bits per heavy atom. The molecule has 0 spiro atoms. The van der Waals surface area contributed by atoms with Gasteiger partial charge in [0.2, 0.25) is 5.69 Å². The smallest absolute Gasteiger partial charge is 0.295 e. The molecule has 116 valence electrons. The van der Waals surface area contributed by atoms with Crippen LogP contribution in [0.2, 0.25) is 5.02 Å². The maximum atomic E-state index is 12.6. The van der Waals surface area contributed by atoms with Crippen LogP contribution in [0.3, 0.4) is 0 Å². The van der Waals surface area contributed by atoms with Crippen molar-refractivity contribution in [3.05, 3.63) is 70.8 Å². The molecule has 1 fully saturated rings.